The van der Waals surface area contributed by atoms with E-state index in [-0.39, 0.29) is 0 Å². The molecule has 0 unspecified atom stereocenters. The summed E-state index contributed by atoms with van der Waals surface area (Å²) in [6.07, 6.45) is 6.14. The van der Waals surface area contributed by atoms with Crippen LogP contribution in [-0.4, -0.2) is 24.4 Å². The van der Waals surface area contributed by atoms with Crippen LogP contribution in [0.4, 0.5) is 0 Å². The van der Waals surface area contributed by atoms with Gasteiger partial charge in [-0.1, -0.05) is 0 Å². The first-order chi connectivity index (χ1) is 4.79. The molecule has 0 saturated heterocycles. The first kappa shape index (κ1) is 8.45. The molecule has 10 heavy (non-hydrogen) atoms. The summed E-state index contributed by atoms with van der Waals surface area (Å²) in [6, 6.07) is 0. The van der Waals surface area contributed by atoms with E-state index in [1.54, 1.807) is 14.5 Å². The third-order valence-electron chi connectivity index (χ3n) is 2.08. The minimum atomic E-state index is 1.23. The van der Waals surface area contributed by atoms with E-state index in [0.29, 0.717) is 0 Å². The molecule has 0 aromatic carbocycles. The molecule has 0 bridgehead atoms. The molecule has 0 spiro atoms. The Balaban J connectivity index is 2.79. The summed E-state index contributed by atoms with van der Waals surface area (Å²) in [7, 11) is 0. The summed E-state index contributed by atoms with van der Waals surface area (Å²) in [5, 5.41) is 0. The van der Waals surface area contributed by atoms with Crippen molar-refractivity contribution >= 4 is 24.4 Å². The minimum absolute atomic E-state index is 1.23. The van der Waals surface area contributed by atoms with Gasteiger partial charge in [-0.15, -0.1) is 0 Å². The van der Waals surface area contributed by atoms with Crippen LogP contribution in [0.3, 0.4) is 0 Å². The van der Waals surface area contributed by atoms with E-state index in [2.05, 4.69) is 19.9 Å². The molecule has 1 heteroatoms. The van der Waals surface area contributed by atoms with E-state index in [9.17, 15) is 0 Å². The van der Waals surface area contributed by atoms with Crippen LogP contribution in [0.25, 0.3) is 0 Å². The van der Waals surface area contributed by atoms with Gasteiger partial charge >= 0.3 is 78.0 Å². The Morgan fingerprint density at radius 3 is 2.50 bits per heavy atom. The first-order valence-electron chi connectivity index (χ1n) is 3.96. The Bertz CT molecular complexity index is 187. The standard InChI is InChI=1S/C9H13.In/c1-3-8-6-5-7-9(8)4-2;/h6H,3-5H2,1-2H3;. The van der Waals surface area contributed by atoms with Crippen LogP contribution in [-0.2, 0) is 0 Å². The van der Waals surface area contributed by atoms with Gasteiger partial charge in [0.2, 0.25) is 0 Å². The Morgan fingerprint density at radius 2 is 2.10 bits per heavy atom. The van der Waals surface area contributed by atoms with Crippen molar-refractivity contribution in [3.8, 4) is 0 Å². The van der Waals surface area contributed by atoms with Crippen molar-refractivity contribution in [2.45, 2.75) is 33.1 Å². The van der Waals surface area contributed by atoms with Gasteiger partial charge in [0, 0.05) is 0 Å². The number of allylic oxidation sites excluding steroid dienone is 4. The molecule has 0 aliphatic heterocycles. The van der Waals surface area contributed by atoms with Crippen LogP contribution in [0.1, 0.15) is 33.1 Å². The summed E-state index contributed by atoms with van der Waals surface area (Å²) >= 11 is 1.33. The van der Waals surface area contributed by atoms with Gasteiger partial charge < -0.3 is 0 Å². The fraction of sp³-hybridized carbons (Fsp3) is 0.556. The molecule has 0 aromatic rings. The van der Waals surface area contributed by atoms with Gasteiger partial charge in [-0.05, 0) is 0 Å². The van der Waals surface area contributed by atoms with E-state index in [4.69, 9.17) is 0 Å². The second kappa shape index (κ2) is 3.66. The van der Waals surface area contributed by atoms with Gasteiger partial charge in [-0.3, -0.25) is 0 Å². The molecule has 1 aliphatic carbocycles. The summed E-state index contributed by atoms with van der Waals surface area (Å²) in [5.41, 5.74) is 3.29. The molecule has 1 rings (SSSR count). The van der Waals surface area contributed by atoms with Gasteiger partial charge in [-0.2, -0.15) is 0 Å². The average Bonchev–Trinajstić information content (AvgIpc) is 2.30. The summed E-state index contributed by atoms with van der Waals surface area (Å²) in [5.74, 6) is 0. The average molecular weight is 236 g/mol. The summed E-state index contributed by atoms with van der Waals surface area (Å²) in [6.45, 7) is 4.52. The van der Waals surface area contributed by atoms with Crippen molar-refractivity contribution in [1.82, 2.24) is 0 Å². The molecule has 0 amide bonds. The Morgan fingerprint density at radius 1 is 1.40 bits per heavy atom. The topological polar surface area (TPSA) is 0 Å². The third kappa shape index (κ3) is 1.50. The first-order valence-corrected chi connectivity index (χ1v) is 5.61. The zero-order valence-electron chi connectivity index (χ0n) is 6.78. The quantitative estimate of drug-likeness (QED) is 0.691. The van der Waals surface area contributed by atoms with Gasteiger partial charge in [0.15, 0.2) is 0 Å². The predicted octanol–water partition coefficient (Wildman–Crippen LogP) is 2.56. The molecular formula is C9H13In. The normalized spacial score (nSPS) is 18.0. The Labute approximate surface area is 78.0 Å². The van der Waals surface area contributed by atoms with Crippen molar-refractivity contribution in [3.05, 3.63) is 20.6 Å². The molecule has 2 radical (unpaired) electrons. The van der Waals surface area contributed by atoms with Crippen LogP contribution in [0, 0.1) is 0 Å². The van der Waals surface area contributed by atoms with Crippen molar-refractivity contribution in [2.75, 3.05) is 0 Å². The van der Waals surface area contributed by atoms with E-state index in [1.807, 2.05) is 0 Å². The van der Waals surface area contributed by atoms with E-state index in [0.717, 1.165) is 0 Å². The zero-order valence-corrected chi connectivity index (χ0v) is 10.1. The van der Waals surface area contributed by atoms with Crippen molar-refractivity contribution < 1.29 is 0 Å². The SMILES string of the molecule is CCC1=CC[C]([In])=C1CC. The molecule has 1 aliphatic rings. The maximum atomic E-state index is 2.40. The molecule has 0 heterocycles. The molecule has 0 nitrogen and oxygen atoms in total. The number of hydrogen-bond acceptors (Lipinski definition) is 0. The van der Waals surface area contributed by atoms with E-state index >= 15 is 0 Å². The van der Waals surface area contributed by atoms with Gasteiger partial charge in [0.25, 0.3) is 0 Å². The fourth-order valence-electron chi connectivity index (χ4n) is 1.50. The van der Waals surface area contributed by atoms with Crippen LogP contribution in [0.15, 0.2) is 20.6 Å². The van der Waals surface area contributed by atoms with Crippen molar-refractivity contribution in [2.24, 2.45) is 0 Å². The van der Waals surface area contributed by atoms with Gasteiger partial charge in [0.1, 0.15) is 0 Å². The van der Waals surface area contributed by atoms with Crippen LogP contribution in [0.5, 0.6) is 0 Å². The molecule has 0 atom stereocenters. The molecule has 0 N–H and O–H groups in total. The molecule has 0 aromatic heterocycles. The summed E-state index contributed by atoms with van der Waals surface area (Å²) < 4.78 is 1.71. The predicted molar refractivity (Wildman–Crippen MR) is 46.1 cm³/mol. The van der Waals surface area contributed by atoms with Crippen molar-refractivity contribution in [1.29, 1.82) is 0 Å². The zero-order chi connectivity index (χ0) is 7.56. The monoisotopic (exact) mass is 236 g/mol. The Kier molecular flexibility index (Phi) is 3.09. The third-order valence-corrected chi connectivity index (χ3v) is 3.75. The number of hydrogen-bond donors (Lipinski definition) is 0. The number of rotatable bonds is 2. The van der Waals surface area contributed by atoms with E-state index in [1.165, 1.54) is 43.6 Å². The van der Waals surface area contributed by atoms with Gasteiger partial charge in [-0.25, -0.2) is 0 Å². The second-order valence-corrected chi connectivity index (χ2v) is 4.63. The fourth-order valence-corrected chi connectivity index (χ4v) is 2.95. The molecule has 52 valence electrons. The van der Waals surface area contributed by atoms with Gasteiger partial charge in [0.05, 0.1) is 0 Å². The van der Waals surface area contributed by atoms with E-state index < -0.39 is 0 Å². The van der Waals surface area contributed by atoms with Crippen LogP contribution >= 0.6 is 0 Å². The molecule has 0 fully saturated rings. The Hall–Kier alpha value is 0.350. The maximum absolute atomic E-state index is 2.40. The molecular weight excluding hydrogens is 223 g/mol. The second-order valence-electron chi connectivity index (χ2n) is 2.64. The van der Waals surface area contributed by atoms with Crippen LogP contribution < -0.4 is 0 Å². The van der Waals surface area contributed by atoms with Crippen molar-refractivity contribution in [3.63, 3.8) is 0 Å². The van der Waals surface area contributed by atoms with Crippen LogP contribution in [0.2, 0.25) is 0 Å². The summed E-state index contributed by atoms with van der Waals surface area (Å²) in [4.78, 5) is 0. The molecule has 0 saturated carbocycles.